The van der Waals surface area contributed by atoms with Crippen molar-refractivity contribution >= 4 is 23.9 Å². The lowest BCUT2D eigenvalue weighted by molar-refractivity contribution is -0.173. The average Bonchev–Trinajstić information content (AvgIpc) is 2.79. The second-order valence-corrected chi connectivity index (χ2v) is 5.53. The summed E-state index contributed by atoms with van der Waals surface area (Å²) in [5.41, 5.74) is 0. The fourth-order valence-corrected chi connectivity index (χ4v) is 4.32. The van der Waals surface area contributed by atoms with E-state index in [0.717, 1.165) is 0 Å². The van der Waals surface area contributed by atoms with E-state index < -0.39 is 47.5 Å². The first kappa shape index (κ1) is 10.2. The minimum absolute atomic E-state index is 0.252. The molecule has 0 radical (unpaired) electrons. The molecule has 18 heavy (non-hydrogen) atoms. The van der Waals surface area contributed by atoms with Crippen molar-refractivity contribution in [2.45, 2.75) is 12.8 Å². The van der Waals surface area contributed by atoms with Gasteiger partial charge in [0.15, 0.2) is 0 Å². The Labute approximate surface area is 102 Å². The molecule has 4 atom stereocenters. The van der Waals surface area contributed by atoms with Gasteiger partial charge in [-0.05, 0) is 24.7 Å². The van der Waals surface area contributed by atoms with Crippen LogP contribution in [0.3, 0.4) is 0 Å². The molecule has 6 heteroatoms. The molecule has 4 rings (SSSR count). The van der Waals surface area contributed by atoms with Crippen LogP contribution in [0.25, 0.3) is 0 Å². The molecule has 4 fully saturated rings. The Morgan fingerprint density at radius 2 is 0.889 bits per heavy atom. The zero-order chi connectivity index (χ0) is 12.6. The van der Waals surface area contributed by atoms with Crippen LogP contribution in [0.15, 0.2) is 0 Å². The molecule has 2 heterocycles. The van der Waals surface area contributed by atoms with Crippen LogP contribution in [-0.4, -0.2) is 23.9 Å². The zero-order valence-electron chi connectivity index (χ0n) is 9.33. The Hall–Kier alpha value is -1.72. The van der Waals surface area contributed by atoms with E-state index >= 15 is 0 Å². The molecule has 0 aromatic rings. The maximum absolute atomic E-state index is 11.7. The van der Waals surface area contributed by atoms with Gasteiger partial charge >= 0.3 is 23.9 Å². The van der Waals surface area contributed by atoms with Crippen molar-refractivity contribution in [3.63, 3.8) is 0 Å². The van der Waals surface area contributed by atoms with Gasteiger partial charge in [0.05, 0.1) is 23.7 Å². The smallest absolute Gasteiger partial charge is 0.316 e. The molecule has 4 aliphatic rings. The second kappa shape index (κ2) is 2.99. The van der Waals surface area contributed by atoms with Crippen molar-refractivity contribution in [2.75, 3.05) is 0 Å². The number of hydrogen-bond donors (Lipinski definition) is 0. The van der Waals surface area contributed by atoms with Gasteiger partial charge in [0.1, 0.15) is 0 Å². The van der Waals surface area contributed by atoms with Crippen molar-refractivity contribution in [1.82, 2.24) is 0 Å². The van der Waals surface area contributed by atoms with Crippen molar-refractivity contribution in [3.05, 3.63) is 0 Å². The third-order valence-corrected chi connectivity index (χ3v) is 4.93. The fourth-order valence-electron chi connectivity index (χ4n) is 4.32. The van der Waals surface area contributed by atoms with Crippen LogP contribution >= 0.6 is 0 Å². The molecule has 4 unspecified atom stereocenters. The SMILES string of the molecule is O=C1OC(=O)C2CC1C1C3CC(C(=O)OC3=O)C21. The first-order valence-corrected chi connectivity index (χ1v) is 6.09. The summed E-state index contributed by atoms with van der Waals surface area (Å²) in [5, 5.41) is 0. The lowest BCUT2D eigenvalue weighted by atomic mass is 9.84. The van der Waals surface area contributed by atoms with Gasteiger partial charge in [-0.2, -0.15) is 0 Å². The molecule has 0 aromatic heterocycles. The second-order valence-electron chi connectivity index (χ2n) is 5.53. The third kappa shape index (κ3) is 0.996. The summed E-state index contributed by atoms with van der Waals surface area (Å²) in [4.78, 5) is 46.8. The molecular weight excluding hydrogens is 240 g/mol. The van der Waals surface area contributed by atoms with E-state index in [1.165, 1.54) is 0 Å². The summed E-state index contributed by atoms with van der Waals surface area (Å²) in [6.45, 7) is 0. The molecule has 0 N–H and O–H groups in total. The number of hydrogen-bond acceptors (Lipinski definition) is 6. The summed E-state index contributed by atoms with van der Waals surface area (Å²) in [6.07, 6.45) is 0.834. The first-order chi connectivity index (χ1) is 8.58. The van der Waals surface area contributed by atoms with Crippen molar-refractivity contribution in [1.29, 1.82) is 0 Å². The summed E-state index contributed by atoms with van der Waals surface area (Å²) >= 11 is 0. The minimum Gasteiger partial charge on any atom is -0.393 e. The number of carbonyl (C=O) groups excluding carboxylic acids is 4. The highest BCUT2D eigenvalue weighted by Crippen LogP contribution is 2.60. The van der Waals surface area contributed by atoms with Crippen molar-refractivity contribution in [3.8, 4) is 0 Å². The van der Waals surface area contributed by atoms with Gasteiger partial charge in [0.25, 0.3) is 0 Å². The fraction of sp³-hybridized carbons (Fsp3) is 0.667. The van der Waals surface area contributed by atoms with Gasteiger partial charge < -0.3 is 9.47 Å². The topological polar surface area (TPSA) is 86.7 Å². The van der Waals surface area contributed by atoms with Crippen LogP contribution in [-0.2, 0) is 28.7 Å². The molecule has 6 nitrogen and oxygen atoms in total. The number of carbonyl (C=O) groups is 4. The van der Waals surface area contributed by atoms with Crippen molar-refractivity contribution in [2.24, 2.45) is 35.5 Å². The molecule has 2 saturated heterocycles. The molecule has 2 saturated carbocycles. The number of ether oxygens (including phenoxy) is 2. The number of rotatable bonds is 0. The maximum atomic E-state index is 11.7. The lowest BCUT2D eigenvalue weighted by Crippen LogP contribution is -2.38. The molecule has 2 aliphatic carbocycles. The summed E-state index contributed by atoms with van der Waals surface area (Å²) < 4.78 is 9.41. The van der Waals surface area contributed by atoms with Gasteiger partial charge in [-0.15, -0.1) is 0 Å². The van der Waals surface area contributed by atoms with Gasteiger partial charge in [0, 0.05) is 0 Å². The summed E-state index contributed by atoms with van der Waals surface area (Å²) in [7, 11) is 0. The highest BCUT2D eigenvalue weighted by atomic mass is 16.6. The quantitative estimate of drug-likeness (QED) is 0.332. The Morgan fingerprint density at radius 1 is 0.611 bits per heavy atom. The number of fused-ring (bicyclic) bond motifs is 9. The third-order valence-electron chi connectivity index (χ3n) is 4.93. The summed E-state index contributed by atoms with van der Waals surface area (Å²) in [5.74, 6) is -4.38. The van der Waals surface area contributed by atoms with E-state index in [1.54, 1.807) is 0 Å². The molecule has 0 amide bonds. The first-order valence-electron chi connectivity index (χ1n) is 6.09. The van der Waals surface area contributed by atoms with Crippen LogP contribution < -0.4 is 0 Å². The highest BCUT2D eigenvalue weighted by Gasteiger charge is 2.67. The van der Waals surface area contributed by atoms with Crippen LogP contribution in [0.2, 0.25) is 0 Å². The molecule has 0 spiro atoms. The van der Waals surface area contributed by atoms with E-state index in [2.05, 4.69) is 0 Å². The molecule has 94 valence electrons. The van der Waals surface area contributed by atoms with E-state index in [1.807, 2.05) is 0 Å². The van der Waals surface area contributed by atoms with Gasteiger partial charge in [-0.3, -0.25) is 19.2 Å². The maximum Gasteiger partial charge on any atom is 0.316 e. The molecular formula is C12H10O6. The molecule has 0 aromatic carbocycles. The Kier molecular flexibility index (Phi) is 1.70. The van der Waals surface area contributed by atoms with E-state index in [9.17, 15) is 19.2 Å². The standard InChI is InChI=1S/C12H10O6/c13-9-3-1-4(10(14)17-9)8-6-2-5(7(3)8)11(15)18-12(6)16/h3-8H,1-2H2. The van der Waals surface area contributed by atoms with Gasteiger partial charge in [-0.25, -0.2) is 0 Å². The van der Waals surface area contributed by atoms with Gasteiger partial charge in [-0.1, -0.05) is 0 Å². The highest BCUT2D eigenvalue weighted by molar-refractivity contribution is 5.97. The number of cyclic esters (lactones) is 4. The van der Waals surface area contributed by atoms with Crippen LogP contribution in [0.1, 0.15) is 12.8 Å². The normalized spacial score (nSPS) is 48.9. The van der Waals surface area contributed by atoms with Gasteiger partial charge in [0.2, 0.25) is 0 Å². The van der Waals surface area contributed by atoms with Crippen LogP contribution in [0.5, 0.6) is 0 Å². The summed E-state index contributed by atoms with van der Waals surface area (Å²) in [6, 6.07) is 0. The van der Waals surface area contributed by atoms with Crippen molar-refractivity contribution < 1.29 is 28.7 Å². The van der Waals surface area contributed by atoms with E-state index in [-0.39, 0.29) is 11.8 Å². The zero-order valence-corrected chi connectivity index (χ0v) is 9.33. The largest absolute Gasteiger partial charge is 0.393 e. The van der Waals surface area contributed by atoms with E-state index in [4.69, 9.17) is 9.47 Å². The minimum atomic E-state index is -0.545. The van der Waals surface area contributed by atoms with Crippen LogP contribution in [0.4, 0.5) is 0 Å². The Bertz CT molecular complexity index is 423. The predicted molar refractivity (Wildman–Crippen MR) is 52.4 cm³/mol. The number of esters is 4. The Balaban J connectivity index is 1.83. The lowest BCUT2D eigenvalue weighted by Gasteiger charge is -2.25. The monoisotopic (exact) mass is 250 g/mol. The Morgan fingerprint density at radius 3 is 1.17 bits per heavy atom. The molecule has 2 aliphatic heterocycles. The molecule has 4 bridgehead atoms. The average molecular weight is 250 g/mol. The van der Waals surface area contributed by atoms with E-state index in [0.29, 0.717) is 12.8 Å². The predicted octanol–water partition coefficient (Wildman–Crippen LogP) is -0.342. The van der Waals surface area contributed by atoms with Crippen LogP contribution in [0, 0.1) is 35.5 Å².